The maximum absolute atomic E-state index is 9.64. The molecule has 1 aliphatic rings. The topological polar surface area (TPSA) is 32.3 Å². The van der Waals surface area contributed by atoms with Crippen molar-refractivity contribution in [3.8, 4) is 5.75 Å². The summed E-state index contributed by atoms with van der Waals surface area (Å²) in [5.41, 5.74) is 1.85. The molecule has 0 atom stereocenters. The van der Waals surface area contributed by atoms with Gasteiger partial charge >= 0.3 is 0 Å². The molecule has 2 nitrogen and oxygen atoms in total. The van der Waals surface area contributed by atoms with Gasteiger partial charge in [-0.15, -0.1) is 0 Å². The molecule has 1 heterocycles. The van der Waals surface area contributed by atoms with E-state index in [0.29, 0.717) is 16.6 Å². The average Bonchev–Trinajstić information content (AvgIpc) is 2.15. The molecule has 1 aliphatic heterocycles. The first-order chi connectivity index (χ1) is 6.20. The Morgan fingerprint density at radius 3 is 2.77 bits per heavy atom. The van der Waals surface area contributed by atoms with E-state index in [4.69, 9.17) is 23.2 Å². The third kappa shape index (κ3) is 1.50. The molecule has 0 saturated heterocycles. The Labute approximate surface area is 86.5 Å². The van der Waals surface area contributed by atoms with Gasteiger partial charge in [-0.2, -0.15) is 0 Å². The van der Waals surface area contributed by atoms with Crippen LogP contribution >= 0.6 is 23.2 Å². The molecule has 0 unspecified atom stereocenters. The Morgan fingerprint density at radius 2 is 2.00 bits per heavy atom. The molecule has 2 N–H and O–H groups in total. The lowest BCUT2D eigenvalue weighted by Crippen LogP contribution is -2.23. The Balaban J connectivity index is 2.63. The minimum Gasteiger partial charge on any atom is -0.506 e. The van der Waals surface area contributed by atoms with Gasteiger partial charge in [-0.1, -0.05) is 23.2 Å². The normalized spacial score (nSPS) is 15.5. The zero-order valence-corrected chi connectivity index (χ0v) is 8.41. The van der Waals surface area contributed by atoms with Gasteiger partial charge in [0.05, 0.1) is 5.02 Å². The molecule has 0 aliphatic carbocycles. The van der Waals surface area contributed by atoms with Gasteiger partial charge in [0.2, 0.25) is 0 Å². The molecule has 0 spiro atoms. The summed E-state index contributed by atoms with van der Waals surface area (Å²) in [5.74, 6) is 0.160. The van der Waals surface area contributed by atoms with Crippen LogP contribution in [0.1, 0.15) is 11.1 Å². The van der Waals surface area contributed by atoms with E-state index in [0.717, 1.165) is 24.1 Å². The lowest BCUT2D eigenvalue weighted by Gasteiger charge is -2.19. The summed E-state index contributed by atoms with van der Waals surface area (Å²) in [7, 11) is 0. The molecule has 70 valence electrons. The average molecular weight is 218 g/mol. The van der Waals surface area contributed by atoms with Gasteiger partial charge in [0, 0.05) is 17.1 Å². The van der Waals surface area contributed by atoms with Gasteiger partial charge < -0.3 is 10.4 Å². The number of phenolic OH excluding ortho intramolecular Hbond substituents is 1. The first-order valence-corrected chi connectivity index (χ1v) is 4.85. The lowest BCUT2D eigenvalue weighted by atomic mass is 10.00. The third-order valence-electron chi connectivity index (χ3n) is 2.27. The second-order valence-electron chi connectivity index (χ2n) is 3.07. The van der Waals surface area contributed by atoms with E-state index in [1.807, 2.05) is 0 Å². The Hall–Kier alpha value is -0.440. The van der Waals surface area contributed by atoms with Crippen LogP contribution in [0.25, 0.3) is 0 Å². The van der Waals surface area contributed by atoms with Gasteiger partial charge in [0.15, 0.2) is 0 Å². The highest BCUT2D eigenvalue weighted by Gasteiger charge is 2.18. The van der Waals surface area contributed by atoms with Gasteiger partial charge in [-0.3, -0.25) is 0 Å². The molecule has 0 amide bonds. The third-order valence-corrected chi connectivity index (χ3v) is 2.90. The van der Waals surface area contributed by atoms with E-state index >= 15 is 0 Å². The van der Waals surface area contributed by atoms with Crippen molar-refractivity contribution in [1.82, 2.24) is 5.32 Å². The van der Waals surface area contributed by atoms with Crippen molar-refractivity contribution in [1.29, 1.82) is 0 Å². The molecule has 0 radical (unpaired) electrons. The molecule has 0 saturated carbocycles. The molecular formula is C9H9Cl2NO. The summed E-state index contributed by atoms with van der Waals surface area (Å²) in [4.78, 5) is 0. The van der Waals surface area contributed by atoms with E-state index in [1.165, 1.54) is 0 Å². The molecule has 4 heteroatoms. The summed E-state index contributed by atoms with van der Waals surface area (Å²) >= 11 is 11.8. The fraction of sp³-hybridized carbons (Fsp3) is 0.333. The minimum absolute atomic E-state index is 0.160. The molecule has 0 fully saturated rings. The van der Waals surface area contributed by atoms with Crippen LogP contribution in [0.3, 0.4) is 0 Å². The number of benzene rings is 1. The van der Waals surface area contributed by atoms with Crippen LogP contribution in [0.15, 0.2) is 6.07 Å². The quantitative estimate of drug-likeness (QED) is 0.700. The molecule has 2 rings (SSSR count). The number of hydrogen-bond donors (Lipinski definition) is 2. The van der Waals surface area contributed by atoms with Crippen molar-refractivity contribution in [2.24, 2.45) is 0 Å². The van der Waals surface area contributed by atoms with E-state index in [2.05, 4.69) is 5.32 Å². The Bertz CT molecular complexity index is 352. The minimum atomic E-state index is 0.160. The van der Waals surface area contributed by atoms with Crippen LogP contribution in [-0.2, 0) is 13.0 Å². The second-order valence-corrected chi connectivity index (χ2v) is 3.89. The van der Waals surface area contributed by atoms with Crippen LogP contribution in [0.2, 0.25) is 10.0 Å². The molecule has 1 aromatic carbocycles. The fourth-order valence-electron chi connectivity index (χ4n) is 1.59. The SMILES string of the molecule is Oc1c(Cl)cc(Cl)c2c1CNCC2. The maximum atomic E-state index is 9.64. The predicted octanol–water partition coefficient (Wildman–Crippen LogP) is 2.34. The number of aromatic hydroxyl groups is 1. The van der Waals surface area contributed by atoms with E-state index < -0.39 is 0 Å². The van der Waals surface area contributed by atoms with Crippen molar-refractivity contribution in [3.63, 3.8) is 0 Å². The zero-order valence-electron chi connectivity index (χ0n) is 6.90. The summed E-state index contributed by atoms with van der Waals surface area (Å²) in [6.45, 7) is 1.54. The van der Waals surface area contributed by atoms with Gasteiger partial charge in [0.25, 0.3) is 0 Å². The van der Waals surface area contributed by atoms with Crippen LogP contribution < -0.4 is 5.32 Å². The highest BCUT2D eigenvalue weighted by Crippen LogP contribution is 2.36. The number of phenols is 1. The standard InChI is InChI=1S/C9H9Cl2NO/c10-7-3-8(11)9(13)6-4-12-2-1-5(6)7/h3,12-13H,1-2,4H2. The number of nitrogens with one attached hydrogen (secondary N) is 1. The number of rotatable bonds is 0. The van der Waals surface area contributed by atoms with Crippen molar-refractivity contribution in [2.75, 3.05) is 6.54 Å². The summed E-state index contributed by atoms with van der Waals surface area (Å²) in [6, 6.07) is 1.60. The predicted molar refractivity (Wildman–Crippen MR) is 53.5 cm³/mol. The first kappa shape index (κ1) is 9.13. The fourth-order valence-corrected chi connectivity index (χ4v) is 2.18. The Morgan fingerprint density at radius 1 is 1.23 bits per heavy atom. The molecule has 1 aromatic rings. The highest BCUT2D eigenvalue weighted by atomic mass is 35.5. The highest BCUT2D eigenvalue weighted by molar-refractivity contribution is 6.36. The summed E-state index contributed by atoms with van der Waals surface area (Å²) < 4.78 is 0. The first-order valence-electron chi connectivity index (χ1n) is 4.09. The van der Waals surface area contributed by atoms with E-state index in [-0.39, 0.29) is 5.75 Å². The largest absolute Gasteiger partial charge is 0.506 e. The van der Waals surface area contributed by atoms with Crippen LogP contribution in [0, 0.1) is 0 Å². The smallest absolute Gasteiger partial charge is 0.139 e. The second kappa shape index (κ2) is 3.37. The molecule has 13 heavy (non-hydrogen) atoms. The zero-order chi connectivity index (χ0) is 9.42. The van der Waals surface area contributed by atoms with E-state index in [9.17, 15) is 5.11 Å². The van der Waals surface area contributed by atoms with Crippen molar-refractivity contribution in [2.45, 2.75) is 13.0 Å². The van der Waals surface area contributed by atoms with Crippen molar-refractivity contribution < 1.29 is 5.11 Å². The van der Waals surface area contributed by atoms with Crippen molar-refractivity contribution in [3.05, 3.63) is 27.2 Å². The molecular weight excluding hydrogens is 209 g/mol. The molecule has 0 aromatic heterocycles. The van der Waals surface area contributed by atoms with Gasteiger partial charge in [-0.05, 0) is 24.6 Å². The maximum Gasteiger partial charge on any atom is 0.139 e. The molecule has 0 bridgehead atoms. The lowest BCUT2D eigenvalue weighted by molar-refractivity contribution is 0.459. The van der Waals surface area contributed by atoms with Crippen LogP contribution in [-0.4, -0.2) is 11.7 Å². The van der Waals surface area contributed by atoms with Crippen LogP contribution in [0.4, 0.5) is 0 Å². The number of fused-ring (bicyclic) bond motifs is 1. The monoisotopic (exact) mass is 217 g/mol. The van der Waals surface area contributed by atoms with Crippen molar-refractivity contribution >= 4 is 23.2 Å². The van der Waals surface area contributed by atoms with Gasteiger partial charge in [0.1, 0.15) is 5.75 Å². The number of hydrogen-bond acceptors (Lipinski definition) is 2. The number of halogens is 2. The Kier molecular flexibility index (Phi) is 2.37. The van der Waals surface area contributed by atoms with Gasteiger partial charge in [-0.25, -0.2) is 0 Å². The summed E-state index contributed by atoms with van der Waals surface area (Å²) in [5, 5.41) is 13.8. The van der Waals surface area contributed by atoms with Crippen LogP contribution in [0.5, 0.6) is 5.75 Å². The van der Waals surface area contributed by atoms with E-state index in [1.54, 1.807) is 6.07 Å². The summed E-state index contributed by atoms with van der Waals surface area (Å²) in [6.07, 6.45) is 0.846.